The average molecular weight is 352 g/mol. The molecule has 0 aromatic heterocycles. The summed E-state index contributed by atoms with van der Waals surface area (Å²) < 4.78 is 5.52. The van der Waals surface area contributed by atoms with Crippen LogP contribution in [-0.2, 0) is 4.79 Å². The number of amides is 1. The maximum Gasteiger partial charge on any atom is 0.244 e. The highest BCUT2D eigenvalue weighted by Gasteiger charge is 2.25. The Morgan fingerprint density at radius 2 is 1.87 bits per heavy atom. The van der Waals surface area contributed by atoms with E-state index in [2.05, 4.69) is 0 Å². The molecule has 0 heterocycles. The van der Waals surface area contributed by atoms with Crippen molar-refractivity contribution in [2.24, 2.45) is 0 Å². The summed E-state index contributed by atoms with van der Waals surface area (Å²) in [6, 6.07) is 14.8. The summed E-state index contributed by atoms with van der Waals surface area (Å²) in [6.07, 6.45) is 0.184. The van der Waals surface area contributed by atoms with Crippen molar-refractivity contribution in [3.8, 4) is 11.5 Å². The van der Waals surface area contributed by atoms with Gasteiger partial charge in [-0.3, -0.25) is 10.0 Å². The fraction of sp³-hybridized carbons (Fsp3) is 0.235. The number of nitrogens with one attached hydrogen (secondary N) is 1. The number of para-hydroxylation sites is 1. The van der Waals surface area contributed by atoms with Crippen molar-refractivity contribution in [1.82, 2.24) is 5.48 Å². The molecule has 0 radical (unpaired) electrons. The van der Waals surface area contributed by atoms with E-state index in [1.54, 1.807) is 29.7 Å². The zero-order valence-corrected chi connectivity index (χ0v) is 14.4. The average Bonchev–Trinajstić information content (AvgIpc) is 2.50. The van der Waals surface area contributed by atoms with Crippen LogP contribution in [0.2, 0.25) is 5.02 Å². The highest BCUT2D eigenvalue weighted by molar-refractivity contribution is 8.00. The number of carbonyl (C=O) groups excluding carboxylic acids is 1. The summed E-state index contributed by atoms with van der Waals surface area (Å²) in [5, 5.41) is 9.34. The summed E-state index contributed by atoms with van der Waals surface area (Å²) in [6.45, 7) is 3.87. The highest BCUT2D eigenvalue weighted by Crippen LogP contribution is 2.41. The lowest BCUT2D eigenvalue weighted by molar-refractivity contribution is -0.129. The first-order valence-electron chi connectivity index (χ1n) is 7.04. The fourth-order valence-electron chi connectivity index (χ4n) is 2.01. The third kappa shape index (κ3) is 5.46. The first-order valence-corrected chi connectivity index (χ1v) is 8.23. The maximum atomic E-state index is 11.4. The van der Waals surface area contributed by atoms with Crippen molar-refractivity contribution < 1.29 is 14.7 Å². The molecular formula is C17H18ClNO3S. The number of halogens is 1. The van der Waals surface area contributed by atoms with E-state index in [1.165, 1.54) is 11.8 Å². The van der Waals surface area contributed by atoms with Crippen LogP contribution in [0.3, 0.4) is 0 Å². The van der Waals surface area contributed by atoms with E-state index in [-0.39, 0.29) is 6.42 Å². The number of carbonyl (C=O) groups is 1. The van der Waals surface area contributed by atoms with Crippen molar-refractivity contribution in [3.63, 3.8) is 0 Å². The highest BCUT2D eigenvalue weighted by atomic mass is 35.5. The first-order chi connectivity index (χ1) is 10.9. The van der Waals surface area contributed by atoms with Gasteiger partial charge in [0, 0.05) is 16.2 Å². The number of benzene rings is 2. The zero-order chi connectivity index (χ0) is 16.9. The Hall–Kier alpha value is -1.69. The molecule has 122 valence electrons. The zero-order valence-electron chi connectivity index (χ0n) is 12.9. The summed E-state index contributed by atoms with van der Waals surface area (Å²) in [4.78, 5) is 12.3. The smallest absolute Gasteiger partial charge is 0.244 e. The summed E-state index contributed by atoms with van der Waals surface area (Å²) in [7, 11) is 0. The SMILES string of the molecule is CC(C)(CC(=O)NO)Sc1ccccc1Oc1ccc(Cl)cc1. The van der Waals surface area contributed by atoms with E-state index < -0.39 is 10.7 Å². The Kier molecular flexibility index (Phi) is 5.93. The van der Waals surface area contributed by atoms with Gasteiger partial charge in [0.15, 0.2) is 0 Å². The van der Waals surface area contributed by atoms with E-state index in [4.69, 9.17) is 21.5 Å². The van der Waals surface area contributed by atoms with Gasteiger partial charge in [0.25, 0.3) is 0 Å². The second-order valence-electron chi connectivity index (χ2n) is 5.58. The fourth-order valence-corrected chi connectivity index (χ4v) is 3.29. The van der Waals surface area contributed by atoms with Crippen molar-refractivity contribution in [2.75, 3.05) is 0 Å². The van der Waals surface area contributed by atoms with Crippen LogP contribution in [0.5, 0.6) is 11.5 Å². The molecule has 0 unspecified atom stereocenters. The Bertz CT molecular complexity index is 674. The molecule has 4 nitrogen and oxygen atoms in total. The number of hydroxylamine groups is 1. The van der Waals surface area contributed by atoms with Crippen LogP contribution in [0.4, 0.5) is 0 Å². The number of hydrogen-bond acceptors (Lipinski definition) is 4. The van der Waals surface area contributed by atoms with Gasteiger partial charge in [-0.25, -0.2) is 5.48 Å². The number of rotatable bonds is 6. The van der Waals surface area contributed by atoms with Gasteiger partial charge >= 0.3 is 0 Å². The van der Waals surface area contributed by atoms with Crippen molar-refractivity contribution in [2.45, 2.75) is 29.9 Å². The van der Waals surface area contributed by atoms with Crippen LogP contribution < -0.4 is 10.2 Å². The lowest BCUT2D eigenvalue weighted by atomic mass is 10.1. The molecule has 2 rings (SSSR count). The minimum Gasteiger partial charge on any atom is -0.456 e. The summed E-state index contributed by atoms with van der Waals surface area (Å²) in [5.41, 5.74) is 1.67. The molecule has 6 heteroatoms. The Morgan fingerprint density at radius 1 is 1.22 bits per heavy atom. The van der Waals surface area contributed by atoms with Gasteiger partial charge in [-0.2, -0.15) is 0 Å². The van der Waals surface area contributed by atoms with Crippen molar-refractivity contribution in [3.05, 3.63) is 53.6 Å². The van der Waals surface area contributed by atoms with E-state index in [0.717, 1.165) is 4.90 Å². The molecule has 0 saturated carbocycles. The van der Waals surface area contributed by atoms with Gasteiger partial charge < -0.3 is 4.74 Å². The molecule has 0 aliphatic heterocycles. The largest absolute Gasteiger partial charge is 0.456 e. The van der Waals surface area contributed by atoms with Crippen LogP contribution in [0, 0.1) is 0 Å². The normalized spacial score (nSPS) is 11.1. The second kappa shape index (κ2) is 7.73. The van der Waals surface area contributed by atoms with Gasteiger partial charge in [0.1, 0.15) is 11.5 Å². The molecule has 0 atom stereocenters. The molecule has 0 bridgehead atoms. The van der Waals surface area contributed by atoms with Gasteiger partial charge in [-0.05, 0) is 50.2 Å². The van der Waals surface area contributed by atoms with Crippen molar-refractivity contribution >= 4 is 29.3 Å². The first kappa shape index (κ1) is 17.7. The molecule has 0 aliphatic carbocycles. The van der Waals surface area contributed by atoms with E-state index in [1.807, 2.05) is 38.1 Å². The topological polar surface area (TPSA) is 58.6 Å². The number of thioether (sulfide) groups is 1. The lowest BCUT2D eigenvalue weighted by Crippen LogP contribution is -2.28. The molecule has 2 aromatic rings. The predicted molar refractivity (Wildman–Crippen MR) is 92.5 cm³/mol. The summed E-state index contributed by atoms with van der Waals surface area (Å²) in [5.74, 6) is 0.976. The second-order valence-corrected chi connectivity index (χ2v) is 7.76. The minimum absolute atomic E-state index is 0.184. The molecule has 2 aromatic carbocycles. The molecular weight excluding hydrogens is 334 g/mol. The van der Waals surface area contributed by atoms with Crippen molar-refractivity contribution in [1.29, 1.82) is 0 Å². The van der Waals surface area contributed by atoms with Crippen LogP contribution in [0.15, 0.2) is 53.4 Å². The van der Waals surface area contributed by atoms with Gasteiger partial charge in [0.2, 0.25) is 5.91 Å². The standard InChI is InChI=1S/C17H18ClNO3S/c1-17(2,11-16(20)19-21)23-15-6-4-3-5-14(15)22-13-9-7-12(18)8-10-13/h3-10,21H,11H2,1-2H3,(H,19,20). The number of hydrogen-bond donors (Lipinski definition) is 2. The number of ether oxygens (including phenoxy) is 1. The van der Waals surface area contributed by atoms with Crippen LogP contribution in [0.25, 0.3) is 0 Å². The third-order valence-corrected chi connectivity index (χ3v) is 4.49. The van der Waals surface area contributed by atoms with Gasteiger partial charge in [-0.1, -0.05) is 23.7 Å². The lowest BCUT2D eigenvalue weighted by Gasteiger charge is -2.24. The molecule has 2 N–H and O–H groups in total. The summed E-state index contributed by atoms with van der Waals surface area (Å²) >= 11 is 7.39. The predicted octanol–water partition coefficient (Wildman–Crippen LogP) is 4.90. The molecule has 23 heavy (non-hydrogen) atoms. The van der Waals surface area contributed by atoms with Crippen LogP contribution in [-0.4, -0.2) is 15.9 Å². The third-order valence-electron chi connectivity index (χ3n) is 2.99. The molecule has 0 fully saturated rings. The van der Waals surface area contributed by atoms with E-state index in [9.17, 15) is 4.79 Å². The monoisotopic (exact) mass is 351 g/mol. The maximum absolute atomic E-state index is 11.4. The van der Waals surface area contributed by atoms with Crippen LogP contribution in [0.1, 0.15) is 20.3 Å². The Morgan fingerprint density at radius 3 is 2.52 bits per heavy atom. The minimum atomic E-state index is -0.418. The molecule has 0 spiro atoms. The Labute approximate surface area is 144 Å². The van der Waals surface area contributed by atoms with E-state index in [0.29, 0.717) is 16.5 Å². The van der Waals surface area contributed by atoms with Crippen LogP contribution >= 0.6 is 23.4 Å². The quantitative estimate of drug-likeness (QED) is 0.441. The van der Waals surface area contributed by atoms with Gasteiger partial charge in [0.05, 0.1) is 4.90 Å². The molecule has 0 saturated heterocycles. The van der Waals surface area contributed by atoms with E-state index >= 15 is 0 Å². The molecule has 1 amide bonds. The molecule has 0 aliphatic rings. The Balaban J connectivity index is 2.17. The van der Waals surface area contributed by atoms with Gasteiger partial charge in [-0.15, -0.1) is 11.8 Å².